The van der Waals surface area contributed by atoms with Crippen LogP contribution in [0.25, 0.3) is 0 Å². The Labute approximate surface area is 83.3 Å². The van der Waals surface area contributed by atoms with Gasteiger partial charge in [0.1, 0.15) is 4.47 Å². The first kappa shape index (κ1) is 10.2. The number of H-pyrrole nitrogens is 1. The van der Waals surface area contributed by atoms with Gasteiger partial charge in [0.15, 0.2) is 0 Å². The number of anilines is 1. The van der Waals surface area contributed by atoms with E-state index in [2.05, 4.69) is 31.4 Å². The molecule has 5 nitrogen and oxygen atoms in total. The first-order chi connectivity index (χ1) is 6.25. The molecule has 1 rings (SSSR count). The summed E-state index contributed by atoms with van der Waals surface area (Å²) in [6.45, 7) is 0.738. The van der Waals surface area contributed by atoms with E-state index in [1.54, 1.807) is 0 Å². The fourth-order valence-corrected chi connectivity index (χ4v) is 1.14. The lowest BCUT2D eigenvalue weighted by atomic mass is 10.4. The van der Waals surface area contributed by atoms with Gasteiger partial charge in [-0.2, -0.15) is 5.10 Å². The van der Waals surface area contributed by atoms with Crippen molar-refractivity contribution in [3.8, 4) is 0 Å². The third-order valence-electron chi connectivity index (χ3n) is 1.45. The van der Waals surface area contributed by atoms with Gasteiger partial charge in [0.25, 0.3) is 5.56 Å². The normalized spacial score (nSPS) is 10.0. The van der Waals surface area contributed by atoms with E-state index >= 15 is 0 Å². The Bertz CT molecular complexity index is 326. The largest absolute Gasteiger partial charge is 0.396 e. The van der Waals surface area contributed by atoms with Gasteiger partial charge in [-0.1, -0.05) is 0 Å². The number of nitrogens with zero attached hydrogens (tertiary/aromatic N) is 1. The molecule has 72 valence electrons. The molecule has 0 aliphatic rings. The quantitative estimate of drug-likeness (QED) is 0.671. The summed E-state index contributed by atoms with van der Waals surface area (Å²) >= 11 is 3.12. The molecule has 0 aliphatic heterocycles. The molecule has 0 saturated heterocycles. The topological polar surface area (TPSA) is 78.0 Å². The molecule has 13 heavy (non-hydrogen) atoms. The molecule has 0 aromatic carbocycles. The maximum atomic E-state index is 11.0. The van der Waals surface area contributed by atoms with Crippen molar-refractivity contribution in [3.63, 3.8) is 0 Å². The molecule has 6 heteroatoms. The molecular weight excluding hydrogens is 238 g/mol. The van der Waals surface area contributed by atoms with Crippen LogP contribution in [0, 0.1) is 0 Å². The molecule has 0 aliphatic carbocycles. The summed E-state index contributed by atoms with van der Waals surface area (Å²) in [5, 5.41) is 17.4. The SMILES string of the molecule is O=c1[nH]ncc(NCCCO)c1Br. The van der Waals surface area contributed by atoms with Crippen LogP contribution in [-0.4, -0.2) is 28.5 Å². The second-order valence-corrected chi connectivity index (χ2v) is 3.22. The molecule has 0 unspecified atom stereocenters. The van der Waals surface area contributed by atoms with Crippen molar-refractivity contribution in [1.29, 1.82) is 0 Å². The molecule has 0 spiro atoms. The summed E-state index contributed by atoms with van der Waals surface area (Å²) in [5.41, 5.74) is 0.367. The van der Waals surface area contributed by atoms with Crippen LogP contribution in [0.4, 0.5) is 5.69 Å². The Morgan fingerprint density at radius 2 is 2.46 bits per heavy atom. The van der Waals surface area contributed by atoms with E-state index < -0.39 is 0 Å². The minimum absolute atomic E-state index is 0.126. The number of aromatic amines is 1. The van der Waals surface area contributed by atoms with Crippen LogP contribution in [-0.2, 0) is 0 Å². The zero-order chi connectivity index (χ0) is 9.68. The van der Waals surface area contributed by atoms with Gasteiger partial charge in [-0.05, 0) is 22.4 Å². The summed E-state index contributed by atoms with van der Waals surface area (Å²) in [7, 11) is 0. The minimum Gasteiger partial charge on any atom is -0.396 e. The van der Waals surface area contributed by atoms with Gasteiger partial charge in [-0.25, -0.2) is 5.10 Å². The highest BCUT2D eigenvalue weighted by Crippen LogP contribution is 2.14. The van der Waals surface area contributed by atoms with Crippen molar-refractivity contribution in [3.05, 3.63) is 21.0 Å². The van der Waals surface area contributed by atoms with E-state index in [1.807, 2.05) is 0 Å². The van der Waals surface area contributed by atoms with E-state index in [1.165, 1.54) is 6.20 Å². The lowest BCUT2D eigenvalue weighted by molar-refractivity contribution is 0.292. The van der Waals surface area contributed by atoms with Crippen molar-refractivity contribution in [2.45, 2.75) is 6.42 Å². The molecule has 0 bridgehead atoms. The molecule has 0 amide bonds. The van der Waals surface area contributed by atoms with E-state index in [4.69, 9.17) is 5.11 Å². The molecule has 0 radical (unpaired) electrons. The number of rotatable bonds is 4. The molecule has 1 heterocycles. The lowest BCUT2D eigenvalue weighted by Crippen LogP contribution is -2.13. The summed E-state index contributed by atoms with van der Waals surface area (Å²) in [6, 6.07) is 0. The first-order valence-electron chi connectivity index (χ1n) is 3.83. The molecule has 0 atom stereocenters. The zero-order valence-corrected chi connectivity index (χ0v) is 8.47. The number of hydrogen-bond acceptors (Lipinski definition) is 4. The second kappa shape index (κ2) is 4.98. The van der Waals surface area contributed by atoms with Gasteiger partial charge < -0.3 is 10.4 Å². The lowest BCUT2D eigenvalue weighted by Gasteiger charge is -2.04. The summed E-state index contributed by atoms with van der Waals surface area (Å²) in [5.74, 6) is 0. The predicted octanol–water partition coefficient (Wildman–Crippen LogP) is 0.327. The fourth-order valence-electron chi connectivity index (χ4n) is 0.809. The number of aliphatic hydroxyl groups is 1. The van der Waals surface area contributed by atoms with E-state index in [0.29, 0.717) is 23.1 Å². The Kier molecular flexibility index (Phi) is 3.91. The smallest absolute Gasteiger partial charge is 0.280 e. The Morgan fingerprint density at radius 3 is 3.15 bits per heavy atom. The van der Waals surface area contributed by atoms with Gasteiger partial charge >= 0.3 is 0 Å². The van der Waals surface area contributed by atoms with E-state index in [0.717, 1.165) is 0 Å². The molecule has 0 fully saturated rings. The zero-order valence-electron chi connectivity index (χ0n) is 6.88. The minimum atomic E-state index is -0.269. The van der Waals surface area contributed by atoms with Crippen molar-refractivity contribution < 1.29 is 5.11 Å². The van der Waals surface area contributed by atoms with Gasteiger partial charge in [-0.15, -0.1) is 0 Å². The van der Waals surface area contributed by atoms with Crippen LogP contribution in [0.3, 0.4) is 0 Å². The Morgan fingerprint density at radius 1 is 1.69 bits per heavy atom. The third kappa shape index (κ3) is 2.82. The van der Waals surface area contributed by atoms with Crippen LogP contribution >= 0.6 is 15.9 Å². The van der Waals surface area contributed by atoms with Crippen LogP contribution in [0.2, 0.25) is 0 Å². The Hall–Kier alpha value is -0.880. The van der Waals surface area contributed by atoms with Gasteiger partial charge in [0.2, 0.25) is 0 Å². The molecule has 1 aromatic heterocycles. The van der Waals surface area contributed by atoms with Crippen LogP contribution in [0.1, 0.15) is 6.42 Å². The second-order valence-electron chi connectivity index (χ2n) is 2.43. The highest BCUT2D eigenvalue weighted by molar-refractivity contribution is 9.10. The number of aliphatic hydroxyl groups excluding tert-OH is 1. The molecule has 1 aromatic rings. The number of nitrogens with one attached hydrogen (secondary N) is 2. The van der Waals surface area contributed by atoms with Crippen LogP contribution < -0.4 is 10.9 Å². The molecular formula is C7H10BrN3O2. The van der Waals surface area contributed by atoms with Crippen LogP contribution in [0.15, 0.2) is 15.5 Å². The number of hydrogen-bond donors (Lipinski definition) is 3. The monoisotopic (exact) mass is 247 g/mol. The van der Waals surface area contributed by atoms with E-state index in [-0.39, 0.29) is 12.2 Å². The van der Waals surface area contributed by atoms with Crippen molar-refractivity contribution in [2.75, 3.05) is 18.5 Å². The average molecular weight is 248 g/mol. The standard InChI is InChI=1S/C7H10BrN3O2/c8-6-5(9-2-1-3-12)4-10-11-7(6)13/h4,12H,1-3H2,(H2,9,11,13). The predicted molar refractivity (Wildman–Crippen MR) is 52.8 cm³/mol. The molecule has 0 saturated carbocycles. The Balaban J connectivity index is 2.66. The molecule has 3 N–H and O–H groups in total. The van der Waals surface area contributed by atoms with Gasteiger partial charge in [-0.3, -0.25) is 4.79 Å². The fraction of sp³-hybridized carbons (Fsp3) is 0.429. The third-order valence-corrected chi connectivity index (χ3v) is 2.23. The highest BCUT2D eigenvalue weighted by Gasteiger charge is 2.02. The summed E-state index contributed by atoms with van der Waals surface area (Å²) < 4.78 is 0.431. The number of aromatic nitrogens is 2. The van der Waals surface area contributed by atoms with Gasteiger partial charge in [0, 0.05) is 13.2 Å². The van der Waals surface area contributed by atoms with Crippen molar-refractivity contribution in [1.82, 2.24) is 10.2 Å². The first-order valence-corrected chi connectivity index (χ1v) is 4.63. The maximum Gasteiger partial charge on any atom is 0.280 e. The van der Waals surface area contributed by atoms with Crippen molar-refractivity contribution >= 4 is 21.6 Å². The van der Waals surface area contributed by atoms with Crippen molar-refractivity contribution in [2.24, 2.45) is 0 Å². The maximum absolute atomic E-state index is 11.0. The average Bonchev–Trinajstić information content (AvgIpc) is 2.13. The summed E-state index contributed by atoms with van der Waals surface area (Å²) in [4.78, 5) is 11.0. The van der Waals surface area contributed by atoms with Gasteiger partial charge in [0.05, 0.1) is 11.9 Å². The highest BCUT2D eigenvalue weighted by atomic mass is 79.9. The number of halogens is 1. The summed E-state index contributed by atoms with van der Waals surface area (Å²) in [6.07, 6.45) is 2.15. The van der Waals surface area contributed by atoms with E-state index in [9.17, 15) is 4.79 Å². The van der Waals surface area contributed by atoms with Crippen LogP contribution in [0.5, 0.6) is 0 Å².